The van der Waals surface area contributed by atoms with Crippen LogP contribution in [0.5, 0.6) is 0 Å². The summed E-state index contributed by atoms with van der Waals surface area (Å²) in [6.45, 7) is 3.94. The Hall–Kier alpha value is -0.230. The number of benzene rings is 1. The maximum atomic E-state index is 12.9. The van der Waals surface area contributed by atoms with Crippen molar-refractivity contribution in [3.05, 3.63) is 33.8 Å². The Morgan fingerprint density at radius 3 is 2.42 bits per heavy atom. The minimum atomic E-state index is 0. The van der Waals surface area contributed by atoms with Gasteiger partial charge in [0.05, 0.1) is 22.5 Å². The van der Waals surface area contributed by atoms with Gasteiger partial charge in [-0.25, -0.2) is 0 Å². The molecule has 2 fully saturated rings. The number of halogens is 4. The van der Waals surface area contributed by atoms with E-state index in [1.165, 1.54) is 12.8 Å². The van der Waals surface area contributed by atoms with Gasteiger partial charge in [0.2, 0.25) is 5.91 Å². The zero-order valence-corrected chi connectivity index (χ0v) is 17.8. The summed E-state index contributed by atoms with van der Waals surface area (Å²) in [7, 11) is 0. The van der Waals surface area contributed by atoms with Crippen LogP contribution in [-0.2, 0) is 11.2 Å². The minimum Gasteiger partial charge on any atom is -0.337 e. The van der Waals surface area contributed by atoms with Crippen LogP contribution in [0.1, 0.15) is 31.2 Å². The number of amides is 1. The van der Waals surface area contributed by atoms with Crippen molar-refractivity contribution in [2.45, 2.75) is 44.2 Å². The Labute approximate surface area is 178 Å². The molecule has 2 N–H and O–H groups in total. The second-order valence-electron chi connectivity index (χ2n) is 6.89. The summed E-state index contributed by atoms with van der Waals surface area (Å²) < 4.78 is 0. The molecule has 0 unspecified atom stereocenters. The van der Waals surface area contributed by atoms with Crippen LogP contribution in [0.25, 0.3) is 0 Å². The molecule has 3 rings (SSSR count). The smallest absolute Gasteiger partial charge is 0.227 e. The van der Waals surface area contributed by atoms with Crippen molar-refractivity contribution in [1.82, 2.24) is 9.80 Å². The molecular weight excluding hydrogens is 416 g/mol. The van der Waals surface area contributed by atoms with E-state index in [-0.39, 0.29) is 42.8 Å². The Kier molecular flexibility index (Phi) is 10.0. The van der Waals surface area contributed by atoms with Crippen LogP contribution >= 0.6 is 48.0 Å². The Morgan fingerprint density at radius 2 is 1.77 bits per heavy atom. The molecule has 1 aromatic rings. The van der Waals surface area contributed by atoms with E-state index >= 15 is 0 Å². The van der Waals surface area contributed by atoms with Gasteiger partial charge in [-0.1, -0.05) is 29.3 Å². The predicted molar refractivity (Wildman–Crippen MR) is 113 cm³/mol. The van der Waals surface area contributed by atoms with Gasteiger partial charge in [-0.2, -0.15) is 0 Å². The molecule has 2 saturated heterocycles. The van der Waals surface area contributed by atoms with Crippen LogP contribution in [0, 0.1) is 0 Å². The van der Waals surface area contributed by atoms with E-state index in [0.29, 0.717) is 16.5 Å². The standard InChI is InChI=1S/C18H25Cl2N3O.2ClH/c19-14-6-5-13(10-15(14)20)11-18(24)23-9-3-4-16(21)17(23)12-22-7-1-2-8-22;;/h5-6,10,16-17H,1-4,7-9,11-12,21H2;2*1H/t16-,17+;;/m0../s1. The Balaban J connectivity index is 0.00000169. The number of likely N-dealkylation sites (tertiary alicyclic amines) is 2. The van der Waals surface area contributed by atoms with Gasteiger partial charge in [0.25, 0.3) is 0 Å². The number of nitrogens with zero attached hydrogens (tertiary/aromatic N) is 2. The third-order valence-electron chi connectivity index (χ3n) is 5.13. The monoisotopic (exact) mass is 441 g/mol. The number of piperidine rings is 1. The highest BCUT2D eigenvalue weighted by Gasteiger charge is 2.33. The van der Waals surface area contributed by atoms with Crippen molar-refractivity contribution >= 4 is 53.9 Å². The van der Waals surface area contributed by atoms with E-state index < -0.39 is 0 Å². The molecule has 2 atom stereocenters. The SMILES string of the molecule is Cl.Cl.N[C@H]1CCCN(C(=O)Cc2ccc(Cl)c(Cl)c2)[C@@H]1CN1CCCC1. The number of nitrogens with two attached hydrogens (primary N) is 1. The van der Waals surface area contributed by atoms with Crippen LogP contribution in [0.2, 0.25) is 10.0 Å². The average Bonchev–Trinajstić information content (AvgIpc) is 3.06. The molecule has 8 heteroatoms. The zero-order chi connectivity index (χ0) is 17.1. The summed E-state index contributed by atoms with van der Waals surface area (Å²) in [6.07, 6.45) is 4.82. The molecule has 0 aromatic heterocycles. The highest BCUT2D eigenvalue weighted by atomic mass is 35.5. The second kappa shape index (κ2) is 10.9. The van der Waals surface area contributed by atoms with Crippen molar-refractivity contribution in [2.75, 3.05) is 26.2 Å². The summed E-state index contributed by atoms with van der Waals surface area (Å²) in [5, 5.41) is 1.01. The topological polar surface area (TPSA) is 49.6 Å². The molecule has 0 radical (unpaired) electrons. The van der Waals surface area contributed by atoms with Crippen molar-refractivity contribution in [2.24, 2.45) is 5.73 Å². The van der Waals surface area contributed by atoms with Crippen LogP contribution in [0.3, 0.4) is 0 Å². The largest absolute Gasteiger partial charge is 0.337 e. The lowest BCUT2D eigenvalue weighted by Gasteiger charge is -2.41. The van der Waals surface area contributed by atoms with Crippen molar-refractivity contribution in [3.63, 3.8) is 0 Å². The van der Waals surface area contributed by atoms with Gasteiger partial charge in [0.15, 0.2) is 0 Å². The summed E-state index contributed by atoms with van der Waals surface area (Å²) in [4.78, 5) is 17.3. The number of carbonyl (C=O) groups excluding carboxylic acids is 1. The molecule has 4 nitrogen and oxygen atoms in total. The molecule has 0 bridgehead atoms. The molecule has 1 amide bonds. The summed E-state index contributed by atoms with van der Waals surface area (Å²) >= 11 is 12.0. The van der Waals surface area contributed by atoms with E-state index in [9.17, 15) is 4.79 Å². The average molecular weight is 443 g/mol. The molecule has 2 aliphatic rings. The number of hydrogen-bond acceptors (Lipinski definition) is 3. The van der Waals surface area contributed by atoms with Gasteiger partial charge in [-0.05, 0) is 56.5 Å². The highest BCUT2D eigenvalue weighted by molar-refractivity contribution is 6.42. The summed E-state index contributed by atoms with van der Waals surface area (Å²) in [5.74, 6) is 0.132. The van der Waals surface area contributed by atoms with Gasteiger partial charge in [-0.15, -0.1) is 24.8 Å². The normalized spacial score (nSPS) is 23.3. The molecule has 2 heterocycles. The van der Waals surface area contributed by atoms with Gasteiger partial charge in [0.1, 0.15) is 0 Å². The quantitative estimate of drug-likeness (QED) is 0.771. The highest BCUT2D eigenvalue weighted by Crippen LogP contribution is 2.24. The minimum absolute atomic E-state index is 0. The van der Waals surface area contributed by atoms with E-state index in [4.69, 9.17) is 28.9 Å². The fourth-order valence-electron chi connectivity index (χ4n) is 3.79. The van der Waals surface area contributed by atoms with Crippen molar-refractivity contribution < 1.29 is 4.79 Å². The fraction of sp³-hybridized carbons (Fsp3) is 0.611. The van der Waals surface area contributed by atoms with Crippen LogP contribution in [0.15, 0.2) is 18.2 Å². The molecule has 148 valence electrons. The molecule has 0 saturated carbocycles. The maximum absolute atomic E-state index is 12.9. The van der Waals surface area contributed by atoms with Crippen LogP contribution in [-0.4, -0.2) is 54.0 Å². The molecule has 1 aromatic carbocycles. The third kappa shape index (κ3) is 5.88. The maximum Gasteiger partial charge on any atom is 0.227 e. The van der Waals surface area contributed by atoms with E-state index in [1.807, 2.05) is 11.0 Å². The van der Waals surface area contributed by atoms with Gasteiger partial charge >= 0.3 is 0 Å². The molecule has 26 heavy (non-hydrogen) atoms. The number of hydrogen-bond donors (Lipinski definition) is 1. The van der Waals surface area contributed by atoms with E-state index in [1.54, 1.807) is 12.1 Å². The Morgan fingerprint density at radius 1 is 1.08 bits per heavy atom. The zero-order valence-electron chi connectivity index (χ0n) is 14.7. The first kappa shape index (κ1) is 23.8. The van der Waals surface area contributed by atoms with Crippen LogP contribution in [0.4, 0.5) is 0 Å². The molecule has 0 spiro atoms. The third-order valence-corrected chi connectivity index (χ3v) is 5.87. The Bertz CT molecular complexity index is 596. The first-order chi connectivity index (χ1) is 11.5. The second-order valence-corrected chi connectivity index (χ2v) is 7.71. The molecule has 2 aliphatic heterocycles. The first-order valence-corrected chi connectivity index (χ1v) is 9.51. The lowest BCUT2D eigenvalue weighted by atomic mass is 9.95. The summed E-state index contributed by atoms with van der Waals surface area (Å²) in [6, 6.07) is 5.58. The van der Waals surface area contributed by atoms with E-state index in [0.717, 1.165) is 44.6 Å². The van der Waals surface area contributed by atoms with Gasteiger partial charge < -0.3 is 15.5 Å². The molecular formula is C18H27Cl4N3O. The van der Waals surface area contributed by atoms with Crippen molar-refractivity contribution in [3.8, 4) is 0 Å². The lowest BCUT2D eigenvalue weighted by Crippen LogP contribution is -2.58. The lowest BCUT2D eigenvalue weighted by molar-refractivity contribution is -0.135. The fourth-order valence-corrected chi connectivity index (χ4v) is 4.11. The number of rotatable bonds is 4. The predicted octanol–water partition coefficient (Wildman–Crippen LogP) is 3.79. The van der Waals surface area contributed by atoms with Crippen LogP contribution < -0.4 is 5.73 Å². The van der Waals surface area contributed by atoms with Crippen molar-refractivity contribution in [1.29, 1.82) is 0 Å². The number of carbonyl (C=O) groups is 1. The van der Waals surface area contributed by atoms with E-state index in [2.05, 4.69) is 4.90 Å². The summed E-state index contributed by atoms with van der Waals surface area (Å²) in [5.41, 5.74) is 7.26. The van der Waals surface area contributed by atoms with Gasteiger partial charge in [0, 0.05) is 19.1 Å². The first-order valence-electron chi connectivity index (χ1n) is 8.76. The van der Waals surface area contributed by atoms with Gasteiger partial charge in [-0.3, -0.25) is 4.79 Å². The molecule has 0 aliphatic carbocycles.